The molecule has 2 nitrogen and oxygen atoms in total. The SMILES string of the molecule is c1ccc2c(c1)SCC2CN1CCNCC12CCCCC2. The van der Waals surface area contributed by atoms with Crippen LogP contribution in [0.15, 0.2) is 29.2 Å². The minimum Gasteiger partial charge on any atom is -0.314 e. The van der Waals surface area contributed by atoms with Gasteiger partial charge in [-0.25, -0.2) is 0 Å². The molecule has 0 bridgehead atoms. The number of hydrogen-bond donors (Lipinski definition) is 1. The molecule has 0 radical (unpaired) electrons. The molecule has 1 aromatic carbocycles. The van der Waals surface area contributed by atoms with E-state index in [-0.39, 0.29) is 0 Å². The van der Waals surface area contributed by atoms with Crippen LogP contribution in [0.25, 0.3) is 0 Å². The van der Waals surface area contributed by atoms with E-state index in [1.807, 2.05) is 0 Å². The Bertz CT molecular complexity index is 487. The van der Waals surface area contributed by atoms with Crippen LogP contribution in [0.2, 0.25) is 0 Å². The van der Waals surface area contributed by atoms with Crippen molar-refractivity contribution in [1.82, 2.24) is 10.2 Å². The normalized spacial score (nSPS) is 28.7. The van der Waals surface area contributed by atoms with Gasteiger partial charge in [-0.05, 0) is 24.5 Å². The van der Waals surface area contributed by atoms with E-state index in [1.54, 1.807) is 5.56 Å². The molecule has 1 atom stereocenters. The van der Waals surface area contributed by atoms with E-state index in [1.165, 1.54) is 68.9 Å². The summed E-state index contributed by atoms with van der Waals surface area (Å²) in [6.45, 7) is 4.90. The van der Waals surface area contributed by atoms with Crippen LogP contribution in [0.4, 0.5) is 0 Å². The second-order valence-corrected chi connectivity index (χ2v) is 8.02. The Morgan fingerprint density at radius 3 is 2.95 bits per heavy atom. The van der Waals surface area contributed by atoms with E-state index < -0.39 is 0 Å². The number of fused-ring (bicyclic) bond motifs is 1. The molecule has 0 aromatic heterocycles. The van der Waals surface area contributed by atoms with E-state index in [0.717, 1.165) is 5.92 Å². The molecule has 21 heavy (non-hydrogen) atoms. The summed E-state index contributed by atoms with van der Waals surface area (Å²) in [7, 11) is 0. The van der Waals surface area contributed by atoms with Crippen LogP contribution < -0.4 is 5.32 Å². The molecule has 4 rings (SSSR count). The van der Waals surface area contributed by atoms with Gasteiger partial charge in [-0.2, -0.15) is 0 Å². The van der Waals surface area contributed by atoms with Gasteiger partial charge in [0, 0.05) is 48.3 Å². The van der Waals surface area contributed by atoms with Gasteiger partial charge in [-0.15, -0.1) is 11.8 Å². The molecule has 2 fully saturated rings. The molecule has 1 aromatic rings. The first-order valence-corrected chi connectivity index (χ1v) is 9.53. The van der Waals surface area contributed by atoms with Crippen molar-refractivity contribution in [2.75, 3.05) is 31.9 Å². The van der Waals surface area contributed by atoms with Crippen molar-refractivity contribution in [3.63, 3.8) is 0 Å². The number of thioether (sulfide) groups is 1. The zero-order valence-electron chi connectivity index (χ0n) is 12.8. The maximum atomic E-state index is 3.67. The zero-order valence-corrected chi connectivity index (χ0v) is 13.6. The molecule has 1 saturated carbocycles. The molecule has 1 N–H and O–H groups in total. The number of hydrogen-bond acceptors (Lipinski definition) is 3. The van der Waals surface area contributed by atoms with Gasteiger partial charge in [-0.1, -0.05) is 37.5 Å². The van der Waals surface area contributed by atoms with Crippen LogP contribution in [0.3, 0.4) is 0 Å². The zero-order chi connectivity index (χ0) is 14.1. The molecular formula is C18H26N2S. The van der Waals surface area contributed by atoms with Crippen molar-refractivity contribution in [3.05, 3.63) is 29.8 Å². The highest BCUT2D eigenvalue weighted by Gasteiger charge is 2.41. The van der Waals surface area contributed by atoms with Crippen molar-refractivity contribution >= 4 is 11.8 Å². The van der Waals surface area contributed by atoms with Crippen LogP contribution in [-0.4, -0.2) is 42.4 Å². The largest absolute Gasteiger partial charge is 0.314 e. The summed E-state index contributed by atoms with van der Waals surface area (Å²) in [5, 5.41) is 3.67. The molecule has 1 aliphatic carbocycles. The summed E-state index contributed by atoms with van der Waals surface area (Å²) in [5.74, 6) is 2.02. The van der Waals surface area contributed by atoms with Gasteiger partial charge in [0.25, 0.3) is 0 Å². The second kappa shape index (κ2) is 5.94. The number of rotatable bonds is 2. The van der Waals surface area contributed by atoms with Crippen LogP contribution >= 0.6 is 11.8 Å². The lowest BCUT2D eigenvalue weighted by molar-refractivity contribution is 0.0242. The monoisotopic (exact) mass is 302 g/mol. The Morgan fingerprint density at radius 1 is 1.19 bits per heavy atom. The minimum atomic E-state index is 0.471. The Labute approximate surface area is 132 Å². The standard InChI is InChI=1S/C18H26N2S/c1-4-8-18(9-5-1)14-19-10-11-20(18)12-15-13-21-17-7-3-2-6-16(15)17/h2-3,6-7,15,19H,1,4-5,8-14H2. The van der Waals surface area contributed by atoms with Gasteiger partial charge >= 0.3 is 0 Å². The predicted molar refractivity (Wildman–Crippen MR) is 90.2 cm³/mol. The summed E-state index contributed by atoms with van der Waals surface area (Å²) in [6, 6.07) is 9.05. The highest BCUT2D eigenvalue weighted by Crippen LogP contribution is 2.42. The van der Waals surface area contributed by atoms with Gasteiger partial charge in [0.1, 0.15) is 0 Å². The quantitative estimate of drug-likeness (QED) is 0.900. The summed E-state index contributed by atoms with van der Waals surface area (Å²) in [6.07, 6.45) is 7.10. The maximum Gasteiger partial charge on any atom is 0.0334 e. The first-order valence-electron chi connectivity index (χ1n) is 8.55. The summed E-state index contributed by atoms with van der Waals surface area (Å²) >= 11 is 2.06. The van der Waals surface area contributed by atoms with Crippen molar-refractivity contribution in [3.8, 4) is 0 Å². The molecule has 1 saturated heterocycles. The van der Waals surface area contributed by atoms with E-state index in [4.69, 9.17) is 0 Å². The number of benzene rings is 1. The van der Waals surface area contributed by atoms with Crippen LogP contribution in [0.1, 0.15) is 43.6 Å². The topological polar surface area (TPSA) is 15.3 Å². The molecule has 3 heteroatoms. The lowest BCUT2D eigenvalue weighted by Gasteiger charge is -2.50. The van der Waals surface area contributed by atoms with Gasteiger partial charge in [0.15, 0.2) is 0 Å². The third-order valence-corrected chi connectivity index (χ3v) is 6.96. The third-order valence-electron chi connectivity index (χ3n) is 5.71. The van der Waals surface area contributed by atoms with Gasteiger partial charge < -0.3 is 5.32 Å². The maximum absolute atomic E-state index is 3.67. The van der Waals surface area contributed by atoms with Crippen molar-refractivity contribution < 1.29 is 0 Å². The molecule has 3 aliphatic rings. The average Bonchev–Trinajstić information content (AvgIpc) is 2.94. The molecule has 2 aliphatic heterocycles. The van der Waals surface area contributed by atoms with Crippen molar-refractivity contribution in [1.29, 1.82) is 0 Å². The predicted octanol–water partition coefficient (Wildman–Crippen LogP) is 3.48. The second-order valence-electron chi connectivity index (χ2n) is 6.95. The number of nitrogens with zero attached hydrogens (tertiary/aromatic N) is 1. The number of nitrogens with one attached hydrogen (secondary N) is 1. The van der Waals surface area contributed by atoms with E-state index >= 15 is 0 Å². The average molecular weight is 302 g/mol. The highest BCUT2D eigenvalue weighted by atomic mass is 32.2. The molecular weight excluding hydrogens is 276 g/mol. The molecule has 114 valence electrons. The first kappa shape index (κ1) is 14.1. The van der Waals surface area contributed by atoms with Crippen LogP contribution in [-0.2, 0) is 0 Å². The Kier molecular flexibility index (Phi) is 3.99. The van der Waals surface area contributed by atoms with Crippen LogP contribution in [0.5, 0.6) is 0 Å². The Morgan fingerprint density at radius 2 is 2.05 bits per heavy atom. The first-order chi connectivity index (χ1) is 10.4. The molecule has 1 unspecified atom stereocenters. The van der Waals surface area contributed by atoms with Crippen molar-refractivity contribution in [2.45, 2.75) is 48.5 Å². The smallest absolute Gasteiger partial charge is 0.0334 e. The Balaban J connectivity index is 1.53. The summed E-state index contributed by atoms with van der Waals surface area (Å²) in [4.78, 5) is 4.38. The molecule has 0 amide bonds. The lowest BCUT2D eigenvalue weighted by Crippen LogP contribution is -2.62. The van der Waals surface area contributed by atoms with Crippen LogP contribution in [0, 0.1) is 0 Å². The van der Waals surface area contributed by atoms with E-state index in [0.29, 0.717) is 5.54 Å². The van der Waals surface area contributed by atoms with E-state index in [2.05, 4.69) is 46.2 Å². The summed E-state index contributed by atoms with van der Waals surface area (Å²) in [5.41, 5.74) is 2.07. The lowest BCUT2D eigenvalue weighted by atomic mass is 9.78. The minimum absolute atomic E-state index is 0.471. The fourth-order valence-corrected chi connectivity index (χ4v) is 5.76. The van der Waals surface area contributed by atoms with Crippen molar-refractivity contribution in [2.24, 2.45) is 0 Å². The fraction of sp³-hybridized carbons (Fsp3) is 0.667. The highest BCUT2D eigenvalue weighted by molar-refractivity contribution is 7.99. The molecule has 1 spiro atoms. The molecule has 2 heterocycles. The Hall–Kier alpha value is -0.510. The number of piperazine rings is 1. The fourth-order valence-electron chi connectivity index (χ4n) is 4.52. The van der Waals surface area contributed by atoms with E-state index in [9.17, 15) is 0 Å². The third kappa shape index (κ3) is 2.64. The summed E-state index contributed by atoms with van der Waals surface area (Å²) < 4.78 is 0. The van der Waals surface area contributed by atoms with Gasteiger partial charge in [-0.3, -0.25) is 4.90 Å². The van der Waals surface area contributed by atoms with Gasteiger partial charge in [0.05, 0.1) is 0 Å². The van der Waals surface area contributed by atoms with Gasteiger partial charge in [0.2, 0.25) is 0 Å².